The summed E-state index contributed by atoms with van der Waals surface area (Å²) in [6, 6.07) is 9.56. The van der Waals surface area contributed by atoms with Crippen LogP contribution in [-0.4, -0.2) is 46.5 Å². The molecule has 1 aliphatic heterocycles. The Labute approximate surface area is 159 Å². The first-order valence-electron chi connectivity index (χ1n) is 9.16. The Balaban J connectivity index is 1.65. The Morgan fingerprint density at radius 3 is 2.81 bits per heavy atom. The van der Waals surface area contributed by atoms with Crippen molar-refractivity contribution in [3.8, 4) is 11.5 Å². The maximum Gasteiger partial charge on any atom is 0.195 e. The third-order valence-corrected chi connectivity index (χ3v) is 4.42. The number of methoxy groups -OCH3 is 2. The lowest BCUT2D eigenvalue weighted by molar-refractivity contribution is 0.187. The highest BCUT2D eigenvalue weighted by molar-refractivity contribution is 5.94. The molecule has 0 spiro atoms. The fraction of sp³-hybridized carbons (Fsp3) is 0.450. The zero-order valence-electron chi connectivity index (χ0n) is 15.9. The molecule has 1 aliphatic rings. The summed E-state index contributed by atoms with van der Waals surface area (Å²) >= 11 is 0. The van der Waals surface area contributed by atoms with Crippen LogP contribution in [0.4, 0.5) is 5.69 Å². The molecule has 0 radical (unpaired) electrons. The van der Waals surface area contributed by atoms with E-state index >= 15 is 0 Å². The number of guanidine groups is 1. The molecule has 1 fully saturated rings. The van der Waals surface area contributed by atoms with Crippen molar-refractivity contribution >= 4 is 11.6 Å². The maximum atomic E-state index is 5.44. The van der Waals surface area contributed by atoms with Crippen molar-refractivity contribution in [1.29, 1.82) is 0 Å². The number of benzene rings is 1. The molecule has 1 saturated heterocycles. The molecule has 2 N–H and O–H groups in total. The number of aliphatic imine (C=N–C) groups is 1. The van der Waals surface area contributed by atoms with Gasteiger partial charge in [0.25, 0.3) is 0 Å². The van der Waals surface area contributed by atoms with E-state index in [2.05, 4.69) is 10.6 Å². The van der Waals surface area contributed by atoms with Crippen molar-refractivity contribution in [1.82, 2.24) is 5.32 Å². The van der Waals surface area contributed by atoms with Crippen LogP contribution in [-0.2, 0) is 11.2 Å². The molecule has 2 aromatic rings. The molecule has 2 heterocycles. The van der Waals surface area contributed by atoms with Crippen molar-refractivity contribution in [2.75, 3.05) is 45.8 Å². The monoisotopic (exact) mass is 373 g/mol. The van der Waals surface area contributed by atoms with Gasteiger partial charge in [-0.05, 0) is 30.7 Å². The Morgan fingerprint density at radius 1 is 1.22 bits per heavy atom. The van der Waals surface area contributed by atoms with Gasteiger partial charge in [0.15, 0.2) is 17.5 Å². The molecule has 1 aromatic heterocycles. The largest absolute Gasteiger partial charge is 0.493 e. The zero-order chi connectivity index (χ0) is 18.9. The van der Waals surface area contributed by atoms with Gasteiger partial charge in [0.05, 0.1) is 27.1 Å². The van der Waals surface area contributed by atoms with E-state index in [0.29, 0.717) is 24.0 Å². The van der Waals surface area contributed by atoms with E-state index in [-0.39, 0.29) is 0 Å². The Kier molecular flexibility index (Phi) is 6.98. The van der Waals surface area contributed by atoms with Crippen LogP contribution in [0.25, 0.3) is 0 Å². The molecule has 3 rings (SSSR count). The van der Waals surface area contributed by atoms with Gasteiger partial charge in [0, 0.05) is 43.8 Å². The average molecular weight is 373 g/mol. The first kappa shape index (κ1) is 19.1. The van der Waals surface area contributed by atoms with Crippen LogP contribution >= 0.6 is 0 Å². The SMILES string of the molecule is COc1ccc(NC(=NCC2CCOC2)NCCc2ccco2)cc1OC. The quantitative estimate of drug-likeness (QED) is 0.547. The van der Waals surface area contributed by atoms with E-state index in [1.165, 1.54) is 0 Å². The Hall–Kier alpha value is -2.67. The van der Waals surface area contributed by atoms with Crippen LogP contribution in [0.15, 0.2) is 46.0 Å². The molecule has 7 nitrogen and oxygen atoms in total. The molecule has 146 valence electrons. The fourth-order valence-electron chi connectivity index (χ4n) is 2.90. The summed E-state index contributed by atoms with van der Waals surface area (Å²) in [6.45, 7) is 3.04. The van der Waals surface area contributed by atoms with Crippen LogP contribution in [0.2, 0.25) is 0 Å². The highest BCUT2D eigenvalue weighted by Gasteiger charge is 2.15. The smallest absolute Gasteiger partial charge is 0.195 e. The van der Waals surface area contributed by atoms with Gasteiger partial charge >= 0.3 is 0 Å². The molecular weight excluding hydrogens is 346 g/mol. The van der Waals surface area contributed by atoms with Crippen LogP contribution < -0.4 is 20.1 Å². The second kappa shape index (κ2) is 9.87. The highest BCUT2D eigenvalue weighted by Crippen LogP contribution is 2.29. The first-order valence-corrected chi connectivity index (χ1v) is 9.16. The number of nitrogens with zero attached hydrogens (tertiary/aromatic N) is 1. The van der Waals surface area contributed by atoms with Gasteiger partial charge in [-0.1, -0.05) is 0 Å². The van der Waals surface area contributed by atoms with Crippen molar-refractivity contribution < 1.29 is 18.6 Å². The second-order valence-corrected chi connectivity index (χ2v) is 6.37. The van der Waals surface area contributed by atoms with E-state index in [0.717, 1.165) is 50.0 Å². The van der Waals surface area contributed by atoms with E-state index < -0.39 is 0 Å². The van der Waals surface area contributed by atoms with E-state index in [1.807, 2.05) is 30.3 Å². The topological polar surface area (TPSA) is 77.2 Å². The van der Waals surface area contributed by atoms with Crippen molar-refractivity contribution in [2.24, 2.45) is 10.9 Å². The number of hydrogen-bond donors (Lipinski definition) is 2. The predicted octanol–water partition coefficient (Wildman–Crippen LogP) is 2.93. The average Bonchev–Trinajstić information content (AvgIpc) is 3.40. The summed E-state index contributed by atoms with van der Waals surface area (Å²) in [5.74, 6) is 3.49. The van der Waals surface area contributed by atoms with Gasteiger partial charge in [-0.3, -0.25) is 4.99 Å². The lowest BCUT2D eigenvalue weighted by Gasteiger charge is -2.15. The molecule has 7 heteroatoms. The van der Waals surface area contributed by atoms with Gasteiger partial charge in [-0.2, -0.15) is 0 Å². The predicted molar refractivity (Wildman–Crippen MR) is 105 cm³/mol. The van der Waals surface area contributed by atoms with Crippen LogP contribution in [0.1, 0.15) is 12.2 Å². The molecular formula is C20H27N3O4. The van der Waals surface area contributed by atoms with Gasteiger partial charge in [-0.15, -0.1) is 0 Å². The van der Waals surface area contributed by atoms with Crippen LogP contribution in [0.3, 0.4) is 0 Å². The van der Waals surface area contributed by atoms with Crippen LogP contribution in [0.5, 0.6) is 11.5 Å². The van der Waals surface area contributed by atoms with Gasteiger partial charge in [0.2, 0.25) is 0 Å². The lowest BCUT2D eigenvalue weighted by Crippen LogP contribution is -2.33. The summed E-state index contributed by atoms with van der Waals surface area (Å²) in [5, 5.41) is 6.70. The van der Waals surface area contributed by atoms with E-state index in [4.69, 9.17) is 23.6 Å². The van der Waals surface area contributed by atoms with Gasteiger partial charge < -0.3 is 29.3 Å². The van der Waals surface area contributed by atoms with Gasteiger partial charge in [0.1, 0.15) is 5.76 Å². The summed E-state index contributed by atoms with van der Waals surface area (Å²) in [4.78, 5) is 4.73. The molecule has 0 bridgehead atoms. The van der Waals surface area contributed by atoms with Gasteiger partial charge in [-0.25, -0.2) is 0 Å². The Morgan fingerprint density at radius 2 is 2.11 bits per heavy atom. The minimum absolute atomic E-state index is 0.471. The number of hydrogen-bond acceptors (Lipinski definition) is 5. The van der Waals surface area contributed by atoms with Crippen LogP contribution in [0, 0.1) is 5.92 Å². The molecule has 1 aromatic carbocycles. The van der Waals surface area contributed by atoms with E-state index in [9.17, 15) is 0 Å². The standard InChI is InChI=1S/C20H27N3O4/c1-24-18-6-5-16(12-19(18)25-2)23-20(22-13-15-8-11-26-14-15)21-9-7-17-4-3-10-27-17/h3-6,10,12,15H,7-9,11,13-14H2,1-2H3,(H2,21,22,23). The summed E-state index contributed by atoms with van der Waals surface area (Å²) < 4.78 is 21.5. The molecule has 0 aliphatic carbocycles. The fourth-order valence-corrected chi connectivity index (χ4v) is 2.90. The summed E-state index contributed by atoms with van der Waals surface area (Å²) in [6.07, 6.45) is 3.53. The number of anilines is 1. The zero-order valence-corrected chi connectivity index (χ0v) is 15.9. The minimum Gasteiger partial charge on any atom is -0.493 e. The number of furan rings is 1. The minimum atomic E-state index is 0.471. The third kappa shape index (κ3) is 5.65. The first-order chi connectivity index (χ1) is 13.3. The van der Waals surface area contributed by atoms with Crippen molar-refractivity contribution in [3.63, 3.8) is 0 Å². The normalized spacial score (nSPS) is 17.0. The maximum absolute atomic E-state index is 5.44. The lowest BCUT2D eigenvalue weighted by atomic mass is 10.1. The Bertz CT molecular complexity index is 725. The molecule has 0 amide bonds. The number of rotatable bonds is 8. The summed E-state index contributed by atoms with van der Waals surface area (Å²) in [5.41, 5.74) is 0.875. The van der Waals surface area contributed by atoms with Crippen molar-refractivity contribution in [3.05, 3.63) is 42.4 Å². The molecule has 0 saturated carbocycles. The number of nitrogens with one attached hydrogen (secondary N) is 2. The summed E-state index contributed by atoms with van der Waals surface area (Å²) in [7, 11) is 3.25. The highest BCUT2D eigenvalue weighted by atomic mass is 16.5. The molecule has 1 unspecified atom stereocenters. The molecule has 27 heavy (non-hydrogen) atoms. The second-order valence-electron chi connectivity index (χ2n) is 6.37. The third-order valence-electron chi connectivity index (χ3n) is 4.42. The van der Waals surface area contributed by atoms with E-state index in [1.54, 1.807) is 20.5 Å². The molecule has 1 atom stereocenters. The van der Waals surface area contributed by atoms with Crippen molar-refractivity contribution in [2.45, 2.75) is 12.8 Å². The number of ether oxygens (including phenoxy) is 3.